The Morgan fingerprint density at radius 2 is 1.87 bits per heavy atom. The minimum Gasteiger partial charge on any atom is -0.506 e. The number of anilines is 1. The van der Waals surface area contributed by atoms with Crippen LogP contribution in [0.4, 0.5) is 10.5 Å². The average molecular weight is 321 g/mol. The van der Waals surface area contributed by atoms with Gasteiger partial charge in [-0.1, -0.05) is 19.9 Å². The number of benzene rings is 1. The van der Waals surface area contributed by atoms with Gasteiger partial charge in [-0.15, -0.1) is 0 Å². The molecule has 0 aliphatic heterocycles. The number of carboxylic acid groups (broad SMARTS) is 1. The number of carbonyl (C=O) groups excluding carboxylic acids is 1. The fourth-order valence-electron chi connectivity index (χ4n) is 2.98. The van der Waals surface area contributed by atoms with Crippen molar-refractivity contribution in [2.75, 3.05) is 5.32 Å². The number of phenolic OH excluding ortho intramolecular Hbond substituents is 1. The fraction of sp³-hybridized carbons (Fsp3) is 0.529. The standard InChI is InChI=1S/C17H23NO5/c1-16(2,3)23-15(22)18-10-8-9(6-7-11(10)19)12-13(14(20)21)17(12,4)5/h6-8,12-13,19H,1-5H3,(H,18,22)(H,20,21)/t12-,13+/m1/s1. The molecular formula is C17H23NO5. The summed E-state index contributed by atoms with van der Waals surface area (Å²) in [6.45, 7) is 9.02. The van der Waals surface area contributed by atoms with E-state index in [2.05, 4.69) is 5.32 Å². The van der Waals surface area contributed by atoms with Gasteiger partial charge in [-0.3, -0.25) is 10.1 Å². The first kappa shape index (κ1) is 17.1. The van der Waals surface area contributed by atoms with Gasteiger partial charge in [-0.05, 0) is 43.9 Å². The van der Waals surface area contributed by atoms with Gasteiger partial charge in [-0.25, -0.2) is 4.79 Å². The van der Waals surface area contributed by atoms with Crippen molar-refractivity contribution in [3.05, 3.63) is 23.8 Å². The van der Waals surface area contributed by atoms with Gasteiger partial charge >= 0.3 is 12.1 Å². The third-order valence-corrected chi connectivity index (χ3v) is 4.11. The molecule has 2 rings (SSSR count). The van der Waals surface area contributed by atoms with Crippen molar-refractivity contribution in [1.82, 2.24) is 0 Å². The summed E-state index contributed by atoms with van der Waals surface area (Å²) < 4.78 is 5.16. The van der Waals surface area contributed by atoms with Crippen LogP contribution in [0.1, 0.15) is 46.1 Å². The van der Waals surface area contributed by atoms with E-state index in [-0.39, 0.29) is 22.8 Å². The van der Waals surface area contributed by atoms with Crippen LogP contribution in [-0.4, -0.2) is 27.9 Å². The highest BCUT2D eigenvalue weighted by molar-refractivity contribution is 5.87. The average Bonchev–Trinajstić information content (AvgIpc) is 2.93. The second-order valence-electron chi connectivity index (χ2n) is 7.52. The summed E-state index contributed by atoms with van der Waals surface area (Å²) in [4.78, 5) is 23.1. The molecule has 1 amide bonds. The summed E-state index contributed by atoms with van der Waals surface area (Å²) in [6, 6.07) is 4.74. The smallest absolute Gasteiger partial charge is 0.412 e. The normalized spacial score (nSPS) is 22.3. The van der Waals surface area contributed by atoms with E-state index in [0.717, 1.165) is 5.56 Å². The van der Waals surface area contributed by atoms with E-state index < -0.39 is 23.6 Å². The van der Waals surface area contributed by atoms with Crippen molar-refractivity contribution in [2.45, 2.75) is 46.1 Å². The number of hydrogen-bond acceptors (Lipinski definition) is 4. The molecule has 1 aliphatic carbocycles. The Hall–Kier alpha value is -2.24. The van der Waals surface area contributed by atoms with Crippen molar-refractivity contribution in [3.63, 3.8) is 0 Å². The zero-order valence-corrected chi connectivity index (χ0v) is 14.0. The van der Waals surface area contributed by atoms with Gasteiger partial charge < -0.3 is 14.9 Å². The Labute approximate surface area is 135 Å². The molecule has 0 radical (unpaired) electrons. The molecule has 0 heterocycles. The van der Waals surface area contributed by atoms with Crippen molar-refractivity contribution in [3.8, 4) is 5.75 Å². The van der Waals surface area contributed by atoms with Crippen LogP contribution >= 0.6 is 0 Å². The third-order valence-electron chi connectivity index (χ3n) is 4.11. The van der Waals surface area contributed by atoms with Gasteiger partial charge in [0, 0.05) is 5.92 Å². The molecule has 1 saturated carbocycles. The number of carboxylic acids is 1. The van der Waals surface area contributed by atoms with E-state index in [0.29, 0.717) is 0 Å². The van der Waals surface area contributed by atoms with E-state index in [1.165, 1.54) is 6.07 Å². The van der Waals surface area contributed by atoms with E-state index in [4.69, 9.17) is 4.74 Å². The van der Waals surface area contributed by atoms with Crippen LogP contribution in [0, 0.1) is 11.3 Å². The molecule has 1 fully saturated rings. The maximum atomic E-state index is 11.8. The van der Waals surface area contributed by atoms with Crippen LogP contribution in [-0.2, 0) is 9.53 Å². The van der Waals surface area contributed by atoms with Crippen LogP contribution in [0.3, 0.4) is 0 Å². The molecule has 0 bridgehead atoms. The number of nitrogens with one attached hydrogen (secondary N) is 1. The molecule has 23 heavy (non-hydrogen) atoms. The lowest BCUT2D eigenvalue weighted by Crippen LogP contribution is -2.27. The quantitative estimate of drug-likeness (QED) is 0.740. The highest BCUT2D eigenvalue weighted by atomic mass is 16.6. The van der Waals surface area contributed by atoms with Crippen molar-refractivity contribution in [2.24, 2.45) is 11.3 Å². The van der Waals surface area contributed by atoms with Gasteiger partial charge in [0.1, 0.15) is 11.4 Å². The van der Waals surface area contributed by atoms with E-state index >= 15 is 0 Å². The van der Waals surface area contributed by atoms with Crippen LogP contribution in [0.25, 0.3) is 0 Å². The lowest BCUT2D eigenvalue weighted by Gasteiger charge is -2.20. The minimum atomic E-state index is -0.838. The predicted molar refractivity (Wildman–Crippen MR) is 85.6 cm³/mol. The molecule has 6 nitrogen and oxygen atoms in total. The van der Waals surface area contributed by atoms with Gasteiger partial charge in [0.05, 0.1) is 11.6 Å². The zero-order valence-electron chi connectivity index (χ0n) is 14.0. The van der Waals surface area contributed by atoms with Crippen molar-refractivity contribution in [1.29, 1.82) is 0 Å². The topological polar surface area (TPSA) is 95.9 Å². The Bertz CT molecular complexity index is 645. The molecule has 1 aromatic carbocycles. The molecule has 3 N–H and O–H groups in total. The summed E-state index contributed by atoms with van der Waals surface area (Å²) >= 11 is 0. The summed E-state index contributed by atoms with van der Waals surface area (Å²) in [5.41, 5.74) is -0.0224. The number of aliphatic carboxylic acids is 1. The Morgan fingerprint density at radius 3 is 2.35 bits per heavy atom. The Balaban J connectivity index is 2.21. The maximum absolute atomic E-state index is 11.8. The highest BCUT2D eigenvalue weighted by Crippen LogP contribution is 2.64. The number of hydrogen-bond donors (Lipinski definition) is 3. The molecule has 1 aromatic rings. The van der Waals surface area contributed by atoms with Crippen molar-refractivity contribution >= 4 is 17.7 Å². The number of rotatable bonds is 3. The molecule has 2 atom stereocenters. The monoisotopic (exact) mass is 321 g/mol. The van der Waals surface area contributed by atoms with Gasteiger partial charge in [-0.2, -0.15) is 0 Å². The SMILES string of the molecule is CC(C)(C)OC(=O)Nc1cc([C@@H]2[C@@H](C(=O)O)C2(C)C)ccc1O. The number of phenols is 1. The molecule has 1 aliphatic rings. The molecular weight excluding hydrogens is 298 g/mol. The first-order valence-corrected chi connectivity index (χ1v) is 7.49. The Morgan fingerprint density at radius 1 is 1.26 bits per heavy atom. The number of amides is 1. The summed E-state index contributed by atoms with van der Waals surface area (Å²) in [5.74, 6) is -1.55. The molecule has 0 unspecified atom stereocenters. The molecule has 0 aromatic heterocycles. The van der Waals surface area contributed by atoms with Crippen molar-refractivity contribution < 1.29 is 24.5 Å². The second-order valence-corrected chi connectivity index (χ2v) is 7.52. The minimum absolute atomic E-state index is 0.0926. The van der Waals surface area contributed by atoms with Gasteiger partial charge in [0.25, 0.3) is 0 Å². The Kier molecular flexibility index (Phi) is 4.05. The lowest BCUT2D eigenvalue weighted by molar-refractivity contribution is -0.139. The largest absolute Gasteiger partial charge is 0.506 e. The first-order valence-electron chi connectivity index (χ1n) is 7.49. The number of aromatic hydroxyl groups is 1. The molecule has 0 saturated heterocycles. The summed E-state index contributed by atoms with van der Waals surface area (Å²) in [5, 5.41) is 21.7. The van der Waals surface area contributed by atoms with Gasteiger partial charge in [0.2, 0.25) is 0 Å². The van der Waals surface area contributed by atoms with E-state index in [1.54, 1.807) is 32.9 Å². The van der Waals surface area contributed by atoms with Crippen LogP contribution in [0.5, 0.6) is 5.75 Å². The number of carbonyl (C=O) groups is 2. The van der Waals surface area contributed by atoms with Gasteiger partial charge in [0.15, 0.2) is 0 Å². The van der Waals surface area contributed by atoms with Crippen LogP contribution in [0.15, 0.2) is 18.2 Å². The highest BCUT2D eigenvalue weighted by Gasteiger charge is 2.62. The van der Waals surface area contributed by atoms with Crippen LogP contribution in [0.2, 0.25) is 0 Å². The van der Waals surface area contributed by atoms with Crippen LogP contribution < -0.4 is 5.32 Å². The summed E-state index contributed by atoms with van der Waals surface area (Å²) in [6.07, 6.45) is -0.671. The lowest BCUT2D eigenvalue weighted by atomic mass is 10.0. The third kappa shape index (κ3) is 3.57. The predicted octanol–water partition coefficient (Wildman–Crippen LogP) is 3.56. The zero-order chi connectivity index (χ0) is 17.6. The fourth-order valence-corrected chi connectivity index (χ4v) is 2.98. The molecule has 126 valence electrons. The van der Waals surface area contributed by atoms with E-state index in [9.17, 15) is 19.8 Å². The maximum Gasteiger partial charge on any atom is 0.412 e. The molecule has 6 heteroatoms. The number of ether oxygens (including phenoxy) is 1. The second kappa shape index (κ2) is 5.44. The summed E-state index contributed by atoms with van der Waals surface area (Å²) in [7, 11) is 0. The molecule has 0 spiro atoms. The van der Waals surface area contributed by atoms with E-state index in [1.807, 2.05) is 13.8 Å². The first-order chi connectivity index (χ1) is 10.4.